The molecule has 160 valence electrons. The van der Waals surface area contributed by atoms with E-state index < -0.39 is 0 Å². The lowest BCUT2D eigenvalue weighted by atomic mass is 10.1. The molecule has 0 aliphatic carbocycles. The van der Waals surface area contributed by atoms with Gasteiger partial charge < -0.3 is 10.1 Å². The van der Waals surface area contributed by atoms with Gasteiger partial charge in [0, 0.05) is 11.4 Å². The number of aromatic nitrogens is 3. The molecule has 3 aromatic carbocycles. The van der Waals surface area contributed by atoms with Crippen molar-refractivity contribution >= 4 is 23.4 Å². The van der Waals surface area contributed by atoms with Gasteiger partial charge in [-0.25, -0.2) is 0 Å². The largest absolute Gasteiger partial charge is 0.496 e. The zero-order chi connectivity index (χ0) is 21.9. The zero-order valence-corrected chi connectivity index (χ0v) is 18.4. The molecule has 1 aliphatic heterocycles. The summed E-state index contributed by atoms with van der Waals surface area (Å²) in [4.78, 5) is 13.0. The third-order valence-electron chi connectivity index (χ3n) is 5.49. The number of nitrogens with one attached hydrogen (secondary N) is 1. The first kappa shape index (κ1) is 20.3. The van der Waals surface area contributed by atoms with Crippen LogP contribution in [0.15, 0.2) is 84.0 Å². The maximum absolute atomic E-state index is 13.0. The molecular formula is C25H22N4O2S. The number of hydrogen-bond donors (Lipinski definition) is 1. The van der Waals surface area contributed by atoms with E-state index in [2.05, 4.69) is 21.6 Å². The fourth-order valence-corrected chi connectivity index (χ4v) is 4.93. The molecule has 1 atom stereocenters. The first-order chi connectivity index (χ1) is 15.7. The van der Waals surface area contributed by atoms with Crippen molar-refractivity contribution in [2.24, 2.45) is 0 Å². The number of hydrogen-bond acceptors (Lipinski definition) is 5. The molecule has 32 heavy (non-hydrogen) atoms. The van der Waals surface area contributed by atoms with Gasteiger partial charge in [-0.05, 0) is 48.7 Å². The summed E-state index contributed by atoms with van der Waals surface area (Å²) in [6.45, 7) is 0. The first-order valence-corrected chi connectivity index (χ1v) is 11.3. The van der Waals surface area contributed by atoms with Crippen molar-refractivity contribution in [2.75, 3.05) is 12.4 Å². The summed E-state index contributed by atoms with van der Waals surface area (Å²) in [6, 6.07) is 25.6. The summed E-state index contributed by atoms with van der Waals surface area (Å²) >= 11 is 1.44. The Hall–Kier alpha value is -3.58. The third kappa shape index (κ3) is 3.87. The molecule has 1 amide bonds. The number of para-hydroxylation sites is 3. The van der Waals surface area contributed by atoms with Gasteiger partial charge in [0.2, 0.25) is 5.91 Å². The highest BCUT2D eigenvalue weighted by molar-refractivity contribution is 8.00. The van der Waals surface area contributed by atoms with Gasteiger partial charge in [0.05, 0.1) is 17.9 Å². The lowest BCUT2D eigenvalue weighted by molar-refractivity contribution is -0.115. The van der Waals surface area contributed by atoms with Crippen molar-refractivity contribution in [3.63, 3.8) is 0 Å². The topological polar surface area (TPSA) is 69.0 Å². The first-order valence-electron chi connectivity index (χ1n) is 10.4. The van der Waals surface area contributed by atoms with Crippen molar-refractivity contribution in [2.45, 2.75) is 23.2 Å². The van der Waals surface area contributed by atoms with Crippen LogP contribution in [0.25, 0.3) is 17.1 Å². The number of benzene rings is 3. The second-order valence-corrected chi connectivity index (χ2v) is 8.64. The Balaban J connectivity index is 1.54. The van der Waals surface area contributed by atoms with Gasteiger partial charge in [-0.3, -0.25) is 9.36 Å². The molecule has 7 heteroatoms. The van der Waals surface area contributed by atoms with Crippen molar-refractivity contribution < 1.29 is 9.53 Å². The van der Waals surface area contributed by atoms with Crippen molar-refractivity contribution in [1.82, 2.24) is 14.8 Å². The molecule has 2 heterocycles. The van der Waals surface area contributed by atoms with E-state index >= 15 is 0 Å². The summed E-state index contributed by atoms with van der Waals surface area (Å²) in [5.41, 5.74) is 3.82. The van der Waals surface area contributed by atoms with Gasteiger partial charge in [0.15, 0.2) is 11.0 Å². The summed E-state index contributed by atoms with van der Waals surface area (Å²) in [6.07, 6.45) is 1.55. The Labute approximate surface area is 190 Å². The van der Waals surface area contributed by atoms with Crippen LogP contribution in [0.2, 0.25) is 0 Å². The number of amides is 1. The zero-order valence-electron chi connectivity index (χ0n) is 17.6. The van der Waals surface area contributed by atoms with E-state index in [4.69, 9.17) is 4.74 Å². The van der Waals surface area contributed by atoms with Crippen molar-refractivity contribution in [3.8, 4) is 22.8 Å². The molecule has 1 aliphatic rings. The number of aryl methyl sites for hydroxylation is 1. The van der Waals surface area contributed by atoms with Gasteiger partial charge in [0.1, 0.15) is 5.75 Å². The van der Waals surface area contributed by atoms with Crippen LogP contribution >= 0.6 is 11.8 Å². The molecule has 0 unspecified atom stereocenters. The smallest absolute Gasteiger partial charge is 0.237 e. The molecule has 1 N–H and O–H groups in total. The summed E-state index contributed by atoms with van der Waals surface area (Å²) in [5.74, 6) is 1.38. The van der Waals surface area contributed by atoms with Crippen LogP contribution in [-0.2, 0) is 11.2 Å². The predicted octanol–water partition coefficient (Wildman–Crippen LogP) is 4.99. The van der Waals surface area contributed by atoms with Crippen LogP contribution in [0.1, 0.15) is 12.0 Å². The number of anilines is 1. The fourth-order valence-electron chi connectivity index (χ4n) is 3.89. The lowest BCUT2D eigenvalue weighted by Crippen LogP contribution is -2.24. The SMILES string of the molecule is COc1ccccc1-c1nnc(S[C@H]2CCc3ccccc3NC2=O)n1-c1ccccc1. The lowest BCUT2D eigenvalue weighted by Gasteiger charge is -2.15. The second kappa shape index (κ2) is 8.88. The van der Waals surface area contributed by atoms with E-state index in [1.807, 2.05) is 77.4 Å². The van der Waals surface area contributed by atoms with Gasteiger partial charge in [-0.15, -0.1) is 10.2 Å². The van der Waals surface area contributed by atoms with Gasteiger partial charge >= 0.3 is 0 Å². The minimum Gasteiger partial charge on any atom is -0.496 e. The molecule has 0 fully saturated rings. The average molecular weight is 443 g/mol. The maximum atomic E-state index is 13.0. The van der Waals surface area contributed by atoms with Crippen molar-refractivity contribution in [3.05, 3.63) is 84.4 Å². The number of carbonyl (C=O) groups is 1. The molecule has 4 aromatic rings. The fraction of sp³-hybridized carbons (Fsp3) is 0.160. The number of nitrogens with zero attached hydrogens (tertiary/aromatic N) is 3. The number of methoxy groups -OCH3 is 1. The summed E-state index contributed by atoms with van der Waals surface area (Å²) in [5, 5.41) is 12.5. The Bertz CT molecular complexity index is 1260. The van der Waals surface area contributed by atoms with Crippen LogP contribution in [-0.4, -0.2) is 33.0 Å². The Kier molecular flexibility index (Phi) is 5.64. The van der Waals surface area contributed by atoms with E-state index in [-0.39, 0.29) is 11.2 Å². The van der Waals surface area contributed by atoms with E-state index in [0.29, 0.717) is 11.0 Å². The number of rotatable bonds is 5. The molecule has 5 rings (SSSR count). The Morgan fingerprint density at radius 3 is 2.56 bits per heavy atom. The Morgan fingerprint density at radius 1 is 0.969 bits per heavy atom. The number of ether oxygens (including phenoxy) is 1. The van der Waals surface area contributed by atoms with Crippen LogP contribution in [0.3, 0.4) is 0 Å². The van der Waals surface area contributed by atoms with Crippen molar-refractivity contribution in [1.29, 1.82) is 0 Å². The molecular weight excluding hydrogens is 420 g/mol. The predicted molar refractivity (Wildman–Crippen MR) is 126 cm³/mol. The molecule has 0 saturated heterocycles. The quantitative estimate of drug-likeness (QED) is 0.472. The van der Waals surface area contributed by atoms with E-state index in [0.717, 1.165) is 41.1 Å². The number of carbonyl (C=O) groups excluding carboxylic acids is 1. The van der Waals surface area contributed by atoms with Crippen LogP contribution in [0.5, 0.6) is 5.75 Å². The van der Waals surface area contributed by atoms with Gasteiger partial charge in [0.25, 0.3) is 0 Å². The molecule has 0 bridgehead atoms. The molecule has 6 nitrogen and oxygen atoms in total. The minimum absolute atomic E-state index is 0.0126. The molecule has 1 aromatic heterocycles. The van der Waals surface area contributed by atoms with Crippen LogP contribution < -0.4 is 10.1 Å². The van der Waals surface area contributed by atoms with Crippen LogP contribution in [0.4, 0.5) is 5.69 Å². The molecule has 0 radical (unpaired) electrons. The standard InChI is InChI=1S/C25H22N4O2S/c1-31-21-14-8-6-12-19(21)23-27-28-25(29(23)18-10-3-2-4-11-18)32-22-16-15-17-9-5-7-13-20(17)26-24(22)30/h2-14,22H,15-16H2,1H3,(H,26,30)/t22-/m0/s1. The molecule has 0 saturated carbocycles. The van der Waals surface area contributed by atoms with Crippen LogP contribution in [0, 0.1) is 0 Å². The highest BCUT2D eigenvalue weighted by Gasteiger charge is 2.28. The van der Waals surface area contributed by atoms with E-state index in [1.165, 1.54) is 11.8 Å². The summed E-state index contributed by atoms with van der Waals surface area (Å²) in [7, 11) is 1.64. The highest BCUT2D eigenvalue weighted by Crippen LogP contribution is 2.36. The van der Waals surface area contributed by atoms with Gasteiger partial charge in [-0.2, -0.15) is 0 Å². The third-order valence-corrected chi connectivity index (χ3v) is 6.70. The van der Waals surface area contributed by atoms with Gasteiger partial charge in [-0.1, -0.05) is 60.3 Å². The number of fused-ring (bicyclic) bond motifs is 1. The van der Waals surface area contributed by atoms with E-state index in [1.54, 1.807) is 7.11 Å². The minimum atomic E-state index is -0.278. The Morgan fingerprint density at radius 2 is 1.72 bits per heavy atom. The number of thioether (sulfide) groups is 1. The normalized spacial score (nSPS) is 15.5. The maximum Gasteiger partial charge on any atom is 0.237 e. The van der Waals surface area contributed by atoms with E-state index in [9.17, 15) is 4.79 Å². The monoisotopic (exact) mass is 442 g/mol. The highest BCUT2D eigenvalue weighted by atomic mass is 32.2. The average Bonchev–Trinajstić information content (AvgIpc) is 3.18. The summed E-state index contributed by atoms with van der Waals surface area (Å²) < 4.78 is 7.56. The molecule has 0 spiro atoms. The second-order valence-electron chi connectivity index (χ2n) is 7.47.